The molecule has 0 aliphatic heterocycles. The number of hydrogen-bond donors (Lipinski definition) is 1. The number of ether oxygens (including phenoxy) is 1. The molecule has 29 heavy (non-hydrogen) atoms. The molecule has 2 aromatic carbocycles. The SMILES string of the molecule is COC(=O)CC(NC(=O)CCCn1c(=O)oc2ccccc21)c1cccc(Br)c1. The van der Waals surface area contributed by atoms with Crippen molar-refractivity contribution >= 4 is 38.9 Å². The van der Waals surface area contributed by atoms with E-state index in [2.05, 4.69) is 21.2 Å². The van der Waals surface area contributed by atoms with Crippen molar-refractivity contribution in [1.29, 1.82) is 0 Å². The van der Waals surface area contributed by atoms with Crippen molar-refractivity contribution < 1.29 is 18.7 Å². The monoisotopic (exact) mass is 460 g/mol. The van der Waals surface area contributed by atoms with Crippen LogP contribution in [0.1, 0.15) is 30.9 Å². The molecule has 8 heteroatoms. The lowest BCUT2D eigenvalue weighted by molar-refractivity contribution is -0.141. The highest BCUT2D eigenvalue weighted by Crippen LogP contribution is 2.22. The van der Waals surface area contributed by atoms with Crippen LogP contribution in [0.5, 0.6) is 0 Å². The lowest BCUT2D eigenvalue weighted by Crippen LogP contribution is -2.30. The van der Waals surface area contributed by atoms with Gasteiger partial charge in [-0.2, -0.15) is 0 Å². The van der Waals surface area contributed by atoms with Gasteiger partial charge in [0.05, 0.1) is 25.1 Å². The molecule has 0 aliphatic rings. The van der Waals surface area contributed by atoms with Gasteiger partial charge >= 0.3 is 11.7 Å². The predicted octanol–water partition coefficient (Wildman–Crippen LogP) is 3.56. The smallest absolute Gasteiger partial charge is 0.419 e. The molecule has 0 fully saturated rings. The van der Waals surface area contributed by atoms with Crippen LogP contribution in [0.15, 0.2) is 62.2 Å². The van der Waals surface area contributed by atoms with Gasteiger partial charge in [0.25, 0.3) is 0 Å². The van der Waals surface area contributed by atoms with Crippen LogP contribution in [0.2, 0.25) is 0 Å². The van der Waals surface area contributed by atoms with E-state index in [1.807, 2.05) is 30.3 Å². The van der Waals surface area contributed by atoms with E-state index in [-0.39, 0.29) is 18.7 Å². The standard InChI is InChI=1S/C21H21BrN2O5/c1-28-20(26)13-16(14-6-4-7-15(22)12-14)23-19(25)10-5-11-24-17-8-2-3-9-18(17)29-21(24)27/h2-4,6-9,12,16H,5,10-11,13H2,1H3,(H,23,25). The van der Waals surface area contributed by atoms with Crippen molar-refractivity contribution in [3.05, 3.63) is 69.1 Å². The highest BCUT2D eigenvalue weighted by molar-refractivity contribution is 9.10. The van der Waals surface area contributed by atoms with Gasteiger partial charge in [-0.25, -0.2) is 4.79 Å². The fourth-order valence-electron chi connectivity index (χ4n) is 3.12. The second-order valence-corrected chi connectivity index (χ2v) is 7.46. The molecular formula is C21H21BrN2O5. The third-order valence-corrected chi connectivity index (χ3v) is 5.04. The Balaban J connectivity index is 1.63. The summed E-state index contributed by atoms with van der Waals surface area (Å²) in [7, 11) is 1.31. The Bertz CT molecular complexity index is 1070. The molecule has 1 unspecified atom stereocenters. The van der Waals surface area contributed by atoms with E-state index in [0.29, 0.717) is 24.1 Å². The summed E-state index contributed by atoms with van der Waals surface area (Å²) in [5.74, 6) is -1.06. The predicted molar refractivity (Wildman–Crippen MR) is 111 cm³/mol. The van der Waals surface area contributed by atoms with E-state index in [9.17, 15) is 14.4 Å². The van der Waals surface area contributed by atoms with Crippen LogP contribution in [-0.2, 0) is 20.9 Å². The Hall–Kier alpha value is -2.87. The van der Waals surface area contributed by atoms with Crippen molar-refractivity contribution in [3.63, 3.8) is 0 Å². The summed E-state index contributed by atoms with van der Waals surface area (Å²) >= 11 is 3.40. The van der Waals surface area contributed by atoms with Gasteiger partial charge in [0.1, 0.15) is 0 Å². The summed E-state index contributed by atoms with van der Waals surface area (Å²) < 4.78 is 12.3. The Morgan fingerprint density at radius 1 is 1.21 bits per heavy atom. The van der Waals surface area contributed by atoms with Gasteiger partial charge in [0, 0.05) is 17.4 Å². The van der Waals surface area contributed by atoms with Crippen LogP contribution < -0.4 is 11.1 Å². The van der Waals surface area contributed by atoms with E-state index in [1.165, 1.54) is 11.7 Å². The maximum atomic E-state index is 12.5. The first kappa shape index (κ1) is 20.9. The Kier molecular flexibility index (Phi) is 6.87. The number of esters is 1. The number of amides is 1. The normalized spacial score (nSPS) is 11.9. The van der Waals surface area contributed by atoms with Crippen molar-refractivity contribution in [3.8, 4) is 0 Å². The maximum Gasteiger partial charge on any atom is 0.419 e. The summed E-state index contributed by atoms with van der Waals surface area (Å²) in [6, 6.07) is 14.1. The van der Waals surface area contributed by atoms with Crippen LogP contribution in [-0.4, -0.2) is 23.6 Å². The number of benzene rings is 2. The van der Waals surface area contributed by atoms with Gasteiger partial charge in [-0.3, -0.25) is 14.2 Å². The van der Waals surface area contributed by atoms with Crippen LogP contribution in [0.3, 0.4) is 0 Å². The molecule has 7 nitrogen and oxygen atoms in total. The van der Waals surface area contributed by atoms with E-state index >= 15 is 0 Å². The Morgan fingerprint density at radius 2 is 2.00 bits per heavy atom. The molecule has 0 bridgehead atoms. The fourth-order valence-corrected chi connectivity index (χ4v) is 3.53. The molecule has 1 aromatic heterocycles. The van der Waals surface area contributed by atoms with Gasteiger partial charge in [-0.15, -0.1) is 0 Å². The van der Waals surface area contributed by atoms with Gasteiger partial charge in [0.15, 0.2) is 5.58 Å². The van der Waals surface area contributed by atoms with Gasteiger partial charge in [-0.1, -0.05) is 40.2 Å². The number of methoxy groups -OCH3 is 1. The number of oxazole rings is 1. The minimum absolute atomic E-state index is 0.0323. The Morgan fingerprint density at radius 3 is 2.76 bits per heavy atom. The van der Waals surface area contributed by atoms with Gasteiger partial charge in [-0.05, 0) is 36.2 Å². The zero-order valence-electron chi connectivity index (χ0n) is 15.9. The molecule has 1 amide bonds. The number of carbonyl (C=O) groups excluding carboxylic acids is 2. The quantitative estimate of drug-likeness (QED) is 0.519. The zero-order valence-corrected chi connectivity index (χ0v) is 17.5. The number of aromatic nitrogens is 1. The molecular weight excluding hydrogens is 440 g/mol. The molecule has 152 valence electrons. The second-order valence-electron chi connectivity index (χ2n) is 6.55. The number of hydrogen-bond acceptors (Lipinski definition) is 5. The van der Waals surface area contributed by atoms with E-state index in [1.54, 1.807) is 18.2 Å². The number of fused-ring (bicyclic) bond motifs is 1. The summed E-state index contributed by atoms with van der Waals surface area (Å²) in [6.45, 7) is 0.363. The summed E-state index contributed by atoms with van der Waals surface area (Å²) in [5.41, 5.74) is 2.03. The molecule has 1 heterocycles. The summed E-state index contributed by atoms with van der Waals surface area (Å²) in [6.07, 6.45) is 0.695. The number of nitrogens with one attached hydrogen (secondary N) is 1. The van der Waals surface area contributed by atoms with Crippen molar-refractivity contribution in [1.82, 2.24) is 9.88 Å². The van der Waals surface area contributed by atoms with Crippen LogP contribution in [0.25, 0.3) is 11.1 Å². The lowest BCUT2D eigenvalue weighted by Gasteiger charge is -2.18. The Labute approximate surface area is 175 Å². The van der Waals surface area contributed by atoms with E-state index < -0.39 is 17.8 Å². The number of carbonyl (C=O) groups is 2. The summed E-state index contributed by atoms with van der Waals surface area (Å²) in [5, 5.41) is 2.89. The van der Waals surface area contributed by atoms with Crippen molar-refractivity contribution in [2.45, 2.75) is 31.8 Å². The number of halogens is 1. The highest BCUT2D eigenvalue weighted by atomic mass is 79.9. The van der Waals surface area contributed by atoms with Crippen LogP contribution in [0.4, 0.5) is 0 Å². The minimum Gasteiger partial charge on any atom is -0.469 e. The first-order valence-electron chi connectivity index (χ1n) is 9.18. The molecule has 0 radical (unpaired) electrons. The molecule has 0 aliphatic carbocycles. The van der Waals surface area contributed by atoms with Gasteiger partial charge < -0.3 is 14.5 Å². The van der Waals surface area contributed by atoms with Crippen LogP contribution >= 0.6 is 15.9 Å². The highest BCUT2D eigenvalue weighted by Gasteiger charge is 2.19. The third-order valence-electron chi connectivity index (χ3n) is 4.54. The molecule has 3 aromatic rings. The number of nitrogens with zero attached hydrogens (tertiary/aromatic N) is 1. The van der Waals surface area contributed by atoms with E-state index in [0.717, 1.165) is 10.0 Å². The molecule has 0 spiro atoms. The molecule has 1 atom stereocenters. The maximum absolute atomic E-state index is 12.5. The minimum atomic E-state index is -0.495. The molecule has 0 saturated heterocycles. The molecule has 0 saturated carbocycles. The molecule has 3 rings (SSSR count). The second kappa shape index (κ2) is 9.56. The number of para-hydroxylation sites is 2. The average Bonchev–Trinajstić information content (AvgIpc) is 3.02. The third kappa shape index (κ3) is 5.35. The number of rotatable bonds is 8. The summed E-state index contributed by atoms with van der Waals surface area (Å²) in [4.78, 5) is 36.2. The molecule has 1 N–H and O–H groups in total. The van der Waals surface area contributed by atoms with Crippen molar-refractivity contribution in [2.24, 2.45) is 0 Å². The first-order chi connectivity index (χ1) is 14.0. The first-order valence-corrected chi connectivity index (χ1v) is 9.97. The topological polar surface area (TPSA) is 90.5 Å². The fraction of sp³-hybridized carbons (Fsp3) is 0.286. The van der Waals surface area contributed by atoms with E-state index in [4.69, 9.17) is 9.15 Å². The van der Waals surface area contributed by atoms with Crippen molar-refractivity contribution in [2.75, 3.05) is 7.11 Å². The largest absolute Gasteiger partial charge is 0.469 e. The lowest BCUT2D eigenvalue weighted by atomic mass is 10.0. The van der Waals surface area contributed by atoms with Gasteiger partial charge in [0.2, 0.25) is 5.91 Å². The number of aryl methyl sites for hydroxylation is 1. The van der Waals surface area contributed by atoms with Crippen LogP contribution in [0, 0.1) is 0 Å². The average molecular weight is 461 g/mol. The zero-order chi connectivity index (χ0) is 20.8.